The van der Waals surface area contributed by atoms with Crippen molar-refractivity contribution in [2.24, 2.45) is 0 Å². The summed E-state index contributed by atoms with van der Waals surface area (Å²) in [5, 5.41) is 3.31. The molecule has 0 atom stereocenters. The van der Waals surface area contributed by atoms with Gasteiger partial charge in [0.1, 0.15) is 5.76 Å². The second-order valence-corrected chi connectivity index (χ2v) is 5.86. The van der Waals surface area contributed by atoms with Gasteiger partial charge in [0.2, 0.25) is 0 Å². The maximum absolute atomic E-state index is 5.76. The Bertz CT molecular complexity index is 329. The van der Waals surface area contributed by atoms with Crippen LogP contribution in [-0.4, -0.2) is 19.3 Å². The Hall–Kier alpha value is 0.160. The van der Waals surface area contributed by atoms with Crippen molar-refractivity contribution in [3.8, 4) is 0 Å². The summed E-state index contributed by atoms with van der Waals surface area (Å²) < 4.78 is 12.9. The molecule has 1 aromatic heterocycles. The maximum Gasteiger partial charge on any atom is 0.183 e. The van der Waals surface area contributed by atoms with E-state index in [0.29, 0.717) is 6.10 Å². The third-order valence-corrected chi connectivity index (χ3v) is 4.64. The van der Waals surface area contributed by atoms with E-state index in [1.165, 1.54) is 25.7 Å². The number of furan rings is 1. The standard InChI is InChI=1S/C12H17Br2NO2/c13-11-7-10(17-12(11)14)8-15-5-6-16-9-3-1-2-4-9/h7,9,15H,1-6,8H2. The molecule has 1 aliphatic carbocycles. The largest absolute Gasteiger partial charge is 0.452 e. The zero-order valence-corrected chi connectivity index (χ0v) is 12.8. The van der Waals surface area contributed by atoms with E-state index in [1.54, 1.807) is 0 Å². The highest BCUT2D eigenvalue weighted by Gasteiger charge is 2.14. The summed E-state index contributed by atoms with van der Waals surface area (Å²) in [6.07, 6.45) is 5.62. The molecule has 1 aromatic rings. The number of ether oxygens (including phenoxy) is 1. The topological polar surface area (TPSA) is 34.4 Å². The fourth-order valence-electron chi connectivity index (χ4n) is 2.04. The Morgan fingerprint density at radius 2 is 2.12 bits per heavy atom. The Labute approximate surface area is 119 Å². The van der Waals surface area contributed by atoms with Crippen LogP contribution in [0.3, 0.4) is 0 Å². The van der Waals surface area contributed by atoms with Gasteiger partial charge in [0.05, 0.1) is 23.7 Å². The number of halogens is 2. The molecule has 1 aliphatic rings. The third kappa shape index (κ3) is 4.39. The van der Waals surface area contributed by atoms with Gasteiger partial charge in [-0.05, 0) is 50.8 Å². The van der Waals surface area contributed by atoms with Crippen LogP contribution in [0.2, 0.25) is 0 Å². The van der Waals surface area contributed by atoms with E-state index in [0.717, 1.165) is 34.6 Å². The van der Waals surface area contributed by atoms with Gasteiger partial charge in [-0.3, -0.25) is 0 Å². The summed E-state index contributed by atoms with van der Waals surface area (Å²) in [5.74, 6) is 0.921. The minimum atomic E-state index is 0.503. The van der Waals surface area contributed by atoms with Gasteiger partial charge in [-0.15, -0.1) is 0 Å². The van der Waals surface area contributed by atoms with Gasteiger partial charge < -0.3 is 14.5 Å². The minimum Gasteiger partial charge on any atom is -0.452 e. The molecule has 0 bridgehead atoms. The first-order chi connectivity index (χ1) is 8.25. The average Bonchev–Trinajstić information content (AvgIpc) is 2.90. The highest BCUT2D eigenvalue weighted by molar-refractivity contribution is 9.13. The molecule has 1 saturated carbocycles. The minimum absolute atomic E-state index is 0.503. The van der Waals surface area contributed by atoms with Crippen molar-refractivity contribution in [1.29, 1.82) is 0 Å². The fraction of sp³-hybridized carbons (Fsp3) is 0.667. The Morgan fingerprint density at radius 3 is 2.76 bits per heavy atom. The molecule has 0 aromatic carbocycles. The van der Waals surface area contributed by atoms with E-state index >= 15 is 0 Å². The van der Waals surface area contributed by atoms with Gasteiger partial charge in [-0.25, -0.2) is 0 Å². The number of rotatable bonds is 6. The van der Waals surface area contributed by atoms with Gasteiger partial charge in [-0.1, -0.05) is 12.8 Å². The lowest BCUT2D eigenvalue weighted by molar-refractivity contribution is 0.0601. The van der Waals surface area contributed by atoms with Crippen LogP contribution in [0.25, 0.3) is 0 Å². The van der Waals surface area contributed by atoms with Crippen molar-refractivity contribution in [1.82, 2.24) is 5.32 Å². The molecule has 0 amide bonds. The van der Waals surface area contributed by atoms with Crippen LogP contribution < -0.4 is 5.32 Å². The molecule has 0 aliphatic heterocycles. The molecule has 0 radical (unpaired) electrons. The first-order valence-corrected chi connectivity index (χ1v) is 7.60. The molecule has 5 heteroatoms. The average molecular weight is 367 g/mol. The van der Waals surface area contributed by atoms with Crippen molar-refractivity contribution < 1.29 is 9.15 Å². The van der Waals surface area contributed by atoms with Crippen LogP contribution in [0.15, 0.2) is 19.6 Å². The summed E-state index contributed by atoms with van der Waals surface area (Å²) in [6, 6.07) is 1.97. The van der Waals surface area contributed by atoms with E-state index < -0.39 is 0 Å². The number of hydrogen-bond acceptors (Lipinski definition) is 3. The Morgan fingerprint density at radius 1 is 1.35 bits per heavy atom. The van der Waals surface area contributed by atoms with E-state index in [2.05, 4.69) is 37.2 Å². The molecular weight excluding hydrogens is 350 g/mol. The molecule has 0 unspecified atom stereocenters. The van der Waals surface area contributed by atoms with E-state index in [4.69, 9.17) is 9.15 Å². The maximum atomic E-state index is 5.76. The monoisotopic (exact) mass is 365 g/mol. The Balaban J connectivity index is 1.56. The highest BCUT2D eigenvalue weighted by atomic mass is 79.9. The van der Waals surface area contributed by atoms with E-state index in [9.17, 15) is 0 Å². The smallest absolute Gasteiger partial charge is 0.183 e. The lowest BCUT2D eigenvalue weighted by Gasteiger charge is -2.10. The van der Waals surface area contributed by atoms with Crippen molar-refractivity contribution >= 4 is 31.9 Å². The fourth-order valence-corrected chi connectivity index (χ4v) is 2.70. The summed E-state index contributed by atoms with van der Waals surface area (Å²) in [7, 11) is 0. The molecule has 1 N–H and O–H groups in total. The van der Waals surface area contributed by atoms with Gasteiger partial charge >= 0.3 is 0 Å². The Kier molecular flexibility index (Phi) is 5.53. The highest BCUT2D eigenvalue weighted by Crippen LogP contribution is 2.26. The molecule has 0 saturated heterocycles. The van der Waals surface area contributed by atoms with Crippen molar-refractivity contribution in [2.45, 2.75) is 38.3 Å². The van der Waals surface area contributed by atoms with Crippen molar-refractivity contribution in [3.05, 3.63) is 21.0 Å². The summed E-state index contributed by atoms with van der Waals surface area (Å²) >= 11 is 6.71. The van der Waals surface area contributed by atoms with Gasteiger partial charge in [0, 0.05) is 6.54 Å². The molecular formula is C12H17Br2NO2. The zero-order valence-electron chi connectivity index (χ0n) is 9.68. The van der Waals surface area contributed by atoms with Crippen LogP contribution in [0.5, 0.6) is 0 Å². The third-order valence-electron chi connectivity index (χ3n) is 2.93. The van der Waals surface area contributed by atoms with Crippen LogP contribution in [0.4, 0.5) is 0 Å². The normalized spacial score (nSPS) is 16.8. The van der Waals surface area contributed by atoms with Gasteiger partial charge in [-0.2, -0.15) is 0 Å². The number of nitrogens with one attached hydrogen (secondary N) is 1. The summed E-state index contributed by atoms with van der Waals surface area (Å²) in [4.78, 5) is 0. The molecule has 0 spiro atoms. The summed E-state index contributed by atoms with van der Waals surface area (Å²) in [5.41, 5.74) is 0. The lowest BCUT2D eigenvalue weighted by Crippen LogP contribution is -2.21. The van der Waals surface area contributed by atoms with Crippen molar-refractivity contribution in [2.75, 3.05) is 13.2 Å². The van der Waals surface area contributed by atoms with Crippen LogP contribution in [0, 0.1) is 0 Å². The molecule has 2 rings (SSSR count). The van der Waals surface area contributed by atoms with Gasteiger partial charge in [0.15, 0.2) is 4.67 Å². The first-order valence-electron chi connectivity index (χ1n) is 6.02. The van der Waals surface area contributed by atoms with Crippen LogP contribution in [-0.2, 0) is 11.3 Å². The number of hydrogen-bond donors (Lipinski definition) is 1. The predicted octanol–water partition coefficient (Wildman–Crippen LogP) is 3.85. The zero-order chi connectivity index (χ0) is 12.1. The van der Waals surface area contributed by atoms with E-state index in [1.807, 2.05) is 6.07 Å². The second-order valence-electron chi connectivity index (χ2n) is 4.29. The molecule has 17 heavy (non-hydrogen) atoms. The van der Waals surface area contributed by atoms with Gasteiger partial charge in [0.25, 0.3) is 0 Å². The first kappa shape index (κ1) is 13.6. The van der Waals surface area contributed by atoms with Crippen molar-refractivity contribution in [3.63, 3.8) is 0 Å². The quantitative estimate of drug-likeness (QED) is 0.776. The predicted molar refractivity (Wildman–Crippen MR) is 74.0 cm³/mol. The molecule has 3 nitrogen and oxygen atoms in total. The molecule has 1 heterocycles. The van der Waals surface area contributed by atoms with Crippen LogP contribution in [0.1, 0.15) is 31.4 Å². The SMILES string of the molecule is Brc1cc(CNCCOC2CCCC2)oc1Br. The second kappa shape index (κ2) is 6.92. The molecule has 1 fully saturated rings. The van der Waals surface area contributed by atoms with Crippen LogP contribution >= 0.6 is 31.9 Å². The lowest BCUT2D eigenvalue weighted by atomic mass is 10.3. The molecule has 96 valence electrons. The van der Waals surface area contributed by atoms with E-state index in [-0.39, 0.29) is 0 Å². The summed E-state index contributed by atoms with van der Waals surface area (Å²) in [6.45, 7) is 2.39.